The second-order valence-electron chi connectivity index (χ2n) is 18.9. The lowest BCUT2D eigenvalue weighted by Crippen LogP contribution is -2.50. The van der Waals surface area contributed by atoms with Crippen LogP contribution in [-0.4, -0.2) is 13.4 Å². The van der Waals surface area contributed by atoms with Gasteiger partial charge in [0.1, 0.15) is 0 Å². The summed E-state index contributed by atoms with van der Waals surface area (Å²) in [6.45, 7) is 0.111. The largest absolute Gasteiger partial charge is 0.245 e. The van der Waals surface area contributed by atoms with Crippen LogP contribution in [0.5, 0.6) is 0 Å². The minimum Gasteiger partial charge on any atom is -0.0616 e. The third-order valence-electron chi connectivity index (χ3n) is 15.8. The van der Waals surface area contributed by atoms with Gasteiger partial charge in [-0.1, -0.05) is 239 Å². The van der Waals surface area contributed by atoms with Crippen LogP contribution in [0.2, 0.25) is 0 Å². The van der Waals surface area contributed by atoms with Crippen molar-refractivity contribution in [3.05, 3.63) is 218 Å². The van der Waals surface area contributed by atoms with E-state index >= 15 is 0 Å². The molecule has 0 saturated heterocycles. The Morgan fingerprint density at radius 3 is 0.879 bits per heavy atom. The molecule has 2 heterocycles. The van der Waals surface area contributed by atoms with E-state index < -0.39 is 0 Å². The summed E-state index contributed by atoms with van der Waals surface area (Å²) in [6.07, 6.45) is 0. The van der Waals surface area contributed by atoms with Gasteiger partial charge in [-0.05, 0) is 131 Å². The number of fused-ring (bicyclic) bond motifs is 16. The average Bonchev–Trinajstić information content (AvgIpc) is 3.89. The van der Waals surface area contributed by atoms with Gasteiger partial charge >= 0.3 is 0 Å². The monoisotopic (exact) mass is 826 g/mol. The lowest BCUT2D eigenvalue weighted by atomic mass is 9.37. The van der Waals surface area contributed by atoms with E-state index in [9.17, 15) is 0 Å². The molecular formula is C64H36B2. The summed E-state index contributed by atoms with van der Waals surface area (Å²) < 4.78 is 0. The van der Waals surface area contributed by atoms with Gasteiger partial charge in [0.05, 0.1) is 0 Å². The molecule has 16 rings (SSSR count). The first-order valence-corrected chi connectivity index (χ1v) is 23.4. The molecule has 0 radical (unpaired) electrons. The van der Waals surface area contributed by atoms with Gasteiger partial charge in [0, 0.05) is 0 Å². The fourth-order valence-electron chi connectivity index (χ4n) is 13.3. The summed E-state index contributed by atoms with van der Waals surface area (Å²) in [7, 11) is 0. The van der Waals surface area contributed by atoms with Gasteiger partial charge in [-0.3, -0.25) is 0 Å². The van der Waals surface area contributed by atoms with Crippen molar-refractivity contribution < 1.29 is 0 Å². The summed E-state index contributed by atoms with van der Waals surface area (Å²) in [5, 5.41) is 23.8. The molecule has 66 heavy (non-hydrogen) atoms. The molecule has 0 amide bonds. The molecule has 0 bridgehead atoms. The predicted octanol–water partition coefficient (Wildman–Crippen LogP) is 12.5. The van der Waals surface area contributed by atoms with Gasteiger partial charge in [0.25, 0.3) is 0 Å². The lowest BCUT2D eigenvalue weighted by Gasteiger charge is -2.21. The van der Waals surface area contributed by atoms with Crippen LogP contribution < -0.4 is 32.8 Å². The number of rotatable bonds is 2. The maximum atomic E-state index is 2.58. The first-order chi connectivity index (χ1) is 32.8. The molecule has 0 spiro atoms. The van der Waals surface area contributed by atoms with Crippen LogP contribution in [0.25, 0.3) is 119 Å². The summed E-state index contributed by atoms with van der Waals surface area (Å²) in [4.78, 5) is 0. The molecule has 2 aliphatic heterocycles. The Kier molecular flexibility index (Phi) is 6.80. The van der Waals surface area contributed by atoms with E-state index in [1.54, 1.807) is 0 Å². The number of hydrogen-bond donors (Lipinski definition) is 0. The summed E-state index contributed by atoms with van der Waals surface area (Å²) in [6, 6.07) is 83.5. The van der Waals surface area contributed by atoms with Crippen LogP contribution in [0.1, 0.15) is 0 Å². The van der Waals surface area contributed by atoms with E-state index in [4.69, 9.17) is 0 Å². The third-order valence-corrected chi connectivity index (χ3v) is 15.8. The standard InChI is InChI=1S/C64H36B2/c1-7-19-45-37(13-1)25-31-53-59-51-29-27-44-36-56-60(54-32-26-38-14-2-8-20-46(38)64(54)66(56)62-49-23-11-5-17-41(49)34-42-18-6-12-24-50(42)62)52-30-28-43(57(51)58(44)52)35-55(59)65(63(45)53)61-47-21-9-3-15-39(47)33-40-16-4-10-22-48(40)61/h1-36H. The maximum absolute atomic E-state index is 2.58. The normalized spacial score (nSPS) is 13.1. The topological polar surface area (TPSA) is 0 Å². The van der Waals surface area contributed by atoms with Gasteiger partial charge in [-0.25, -0.2) is 0 Å². The molecule has 0 unspecified atom stereocenters. The molecule has 298 valence electrons. The van der Waals surface area contributed by atoms with Crippen molar-refractivity contribution in [3.8, 4) is 22.3 Å². The molecule has 0 atom stereocenters. The Balaban J connectivity index is 1.04. The van der Waals surface area contributed by atoms with Crippen LogP contribution in [0.3, 0.4) is 0 Å². The highest BCUT2D eigenvalue weighted by atomic mass is 14.3. The SMILES string of the molecule is c1ccc2c3c(ccc2c1)-c1c(cc2ccc4c5c(cc6ccc1c2c64)B(c1c2ccccc2cc2ccccc12)c1c-5ccc2ccccc12)B3c1c2ccccc2cc2ccccc12. The Morgan fingerprint density at radius 1 is 0.212 bits per heavy atom. The molecular weight excluding hydrogens is 790 g/mol. The Bertz CT molecular complexity index is 4090. The Morgan fingerprint density at radius 2 is 0.515 bits per heavy atom. The van der Waals surface area contributed by atoms with Crippen LogP contribution >= 0.6 is 0 Å². The molecule has 2 aliphatic rings. The van der Waals surface area contributed by atoms with Gasteiger partial charge in [0.2, 0.25) is 13.4 Å². The number of benzene rings is 14. The maximum Gasteiger partial charge on any atom is 0.245 e. The zero-order valence-electron chi connectivity index (χ0n) is 35.9. The molecule has 0 nitrogen and oxygen atoms in total. The van der Waals surface area contributed by atoms with Gasteiger partial charge in [-0.2, -0.15) is 0 Å². The smallest absolute Gasteiger partial charge is 0.0616 e. The second-order valence-corrected chi connectivity index (χ2v) is 18.9. The summed E-state index contributed by atoms with van der Waals surface area (Å²) in [5.41, 5.74) is 13.9. The van der Waals surface area contributed by atoms with E-state index in [0.717, 1.165) is 0 Å². The third kappa shape index (κ3) is 4.46. The van der Waals surface area contributed by atoms with Crippen LogP contribution in [0.15, 0.2) is 218 Å². The lowest BCUT2D eigenvalue weighted by molar-refractivity contribution is 1.75. The van der Waals surface area contributed by atoms with Gasteiger partial charge in [0.15, 0.2) is 0 Å². The quantitative estimate of drug-likeness (QED) is 0.0925. The van der Waals surface area contributed by atoms with Crippen LogP contribution in [0, 0.1) is 0 Å². The molecule has 0 aromatic heterocycles. The van der Waals surface area contributed by atoms with E-state index in [-0.39, 0.29) is 13.4 Å². The zero-order valence-corrected chi connectivity index (χ0v) is 35.9. The van der Waals surface area contributed by atoms with E-state index in [2.05, 4.69) is 218 Å². The summed E-state index contributed by atoms with van der Waals surface area (Å²) in [5.74, 6) is 0. The minimum absolute atomic E-state index is 0.0553. The highest BCUT2D eigenvalue weighted by Gasteiger charge is 2.41. The average molecular weight is 827 g/mol. The number of hydrogen-bond acceptors (Lipinski definition) is 0. The fraction of sp³-hybridized carbons (Fsp3) is 0. The Hall–Kier alpha value is -8.19. The minimum atomic E-state index is 0.0553. The van der Waals surface area contributed by atoms with Gasteiger partial charge < -0.3 is 0 Å². The predicted molar refractivity (Wildman–Crippen MR) is 288 cm³/mol. The molecule has 14 aromatic rings. The van der Waals surface area contributed by atoms with Crippen molar-refractivity contribution in [2.24, 2.45) is 0 Å². The molecule has 0 saturated carbocycles. The van der Waals surface area contributed by atoms with Crippen LogP contribution in [0.4, 0.5) is 0 Å². The molecule has 14 aromatic carbocycles. The van der Waals surface area contributed by atoms with Crippen molar-refractivity contribution >= 4 is 143 Å². The molecule has 0 N–H and O–H groups in total. The van der Waals surface area contributed by atoms with Crippen molar-refractivity contribution in [2.45, 2.75) is 0 Å². The van der Waals surface area contributed by atoms with E-state index in [0.29, 0.717) is 0 Å². The van der Waals surface area contributed by atoms with Crippen LogP contribution in [-0.2, 0) is 0 Å². The summed E-state index contributed by atoms with van der Waals surface area (Å²) >= 11 is 0. The van der Waals surface area contributed by atoms with E-state index in [1.165, 1.54) is 152 Å². The highest BCUT2D eigenvalue weighted by Crippen LogP contribution is 2.45. The van der Waals surface area contributed by atoms with Crippen molar-refractivity contribution in [1.29, 1.82) is 0 Å². The molecule has 0 fully saturated rings. The van der Waals surface area contributed by atoms with Crippen molar-refractivity contribution in [3.63, 3.8) is 0 Å². The van der Waals surface area contributed by atoms with E-state index in [1.807, 2.05) is 0 Å². The van der Waals surface area contributed by atoms with Crippen molar-refractivity contribution in [1.82, 2.24) is 0 Å². The first kappa shape index (κ1) is 35.2. The Labute approximate surface area is 381 Å². The molecule has 2 heteroatoms. The fourth-order valence-corrected chi connectivity index (χ4v) is 13.3. The molecule has 0 aliphatic carbocycles. The second kappa shape index (κ2) is 12.7. The zero-order chi connectivity index (χ0) is 42.8. The first-order valence-electron chi connectivity index (χ1n) is 23.4. The van der Waals surface area contributed by atoms with Gasteiger partial charge in [-0.15, -0.1) is 0 Å². The highest BCUT2D eigenvalue weighted by molar-refractivity contribution is 7.04. The van der Waals surface area contributed by atoms with Crippen molar-refractivity contribution in [2.75, 3.05) is 0 Å².